The monoisotopic (exact) mass is 359 g/mol. The number of fused-ring (bicyclic) bond motifs is 3. The molecule has 134 valence electrons. The number of aromatic nitrogens is 2. The molecule has 0 aliphatic carbocycles. The highest BCUT2D eigenvalue weighted by molar-refractivity contribution is 7.80. The van der Waals surface area contributed by atoms with Crippen LogP contribution in [0.4, 0.5) is 0 Å². The van der Waals surface area contributed by atoms with E-state index in [-0.39, 0.29) is 5.69 Å². The van der Waals surface area contributed by atoms with Gasteiger partial charge in [0.1, 0.15) is 5.75 Å². The Bertz CT molecular complexity index is 813. The van der Waals surface area contributed by atoms with Crippen LogP contribution in [-0.2, 0) is 13.0 Å². The Hall–Kier alpha value is -1.66. The zero-order valence-electron chi connectivity index (χ0n) is 14.6. The van der Waals surface area contributed by atoms with Crippen molar-refractivity contribution < 1.29 is 4.74 Å². The zero-order valence-corrected chi connectivity index (χ0v) is 15.5. The van der Waals surface area contributed by atoms with Gasteiger partial charge in [-0.2, -0.15) is 0 Å². The molecule has 2 aliphatic rings. The first-order chi connectivity index (χ1) is 12.2. The fraction of sp³-hybridized carbons (Fsp3) is 0.526. The topological polar surface area (TPSA) is 50.3 Å². The van der Waals surface area contributed by atoms with Crippen LogP contribution in [0.1, 0.15) is 36.4 Å². The van der Waals surface area contributed by atoms with Crippen LogP contribution in [0.3, 0.4) is 0 Å². The number of nitrogens with zero attached hydrogens (tertiary/aromatic N) is 2. The van der Waals surface area contributed by atoms with Crippen LogP contribution in [0.5, 0.6) is 5.75 Å². The van der Waals surface area contributed by atoms with Gasteiger partial charge in [0.15, 0.2) is 0 Å². The number of aromatic amines is 1. The molecule has 0 radical (unpaired) electrons. The van der Waals surface area contributed by atoms with E-state index in [1.165, 1.54) is 24.0 Å². The quantitative estimate of drug-likeness (QED) is 0.826. The predicted octanol–water partition coefficient (Wildman–Crippen LogP) is 2.87. The molecule has 1 aromatic carbocycles. The molecule has 2 atom stereocenters. The number of H-pyrrole nitrogens is 1. The first kappa shape index (κ1) is 16.8. The summed E-state index contributed by atoms with van der Waals surface area (Å²) in [5.74, 6) is 1.59. The number of methoxy groups -OCH3 is 1. The number of hydrogen-bond acceptors (Lipinski definition) is 4. The van der Waals surface area contributed by atoms with Crippen molar-refractivity contribution in [3.8, 4) is 5.75 Å². The van der Waals surface area contributed by atoms with Crippen molar-refractivity contribution in [2.45, 2.75) is 43.3 Å². The predicted molar refractivity (Wildman–Crippen MR) is 101 cm³/mol. The lowest BCUT2D eigenvalue weighted by molar-refractivity contribution is 0.0973. The highest BCUT2D eigenvalue weighted by Gasteiger charge is 2.33. The maximum Gasteiger partial charge on any atom is 0.326 e. The summed E-state index contributed by atoms with van der Waals surface area (Å²) in [5.41, 5.74) is 2.84. The molecule has 25 heavy (non-hydrogen) atoms. The van der Waals surface area contributed by atoms with Crippen LogP contribution in [0, 0.1) is 5.92 Å². The SMILES string of the molecule is COc1ccc2c(c1)CCN1CCC(CCn3c(S)c[nH]c3=O)CC21. The first-order valence-corrected chi connectivity index (χ1v) is 9.48. The van der Waals surface area contributed by atoms with E-state index in [1.54, 1.807) is 17.9 Å². The summed E-state index contributed by atoms with van der Waals surface area (Å²) in [6.07, 6.45) is 6.18. The summed E-state index contributed by atoms with van der Waals surface area (Å²) in [6, 6.07) is 7.03. The Balaban J connectivity index is 1.47. The zero-order chi connectivity index (χ0) is 17.4. The second-order valence-corrected chi connectivity index (χ2v) is 7.61. The van der Waals surface area contributed by atoms with E-state index in [4.69, 9.17) is 4.74 Å². The third-order valence-electron chi connectivity index (χ3n) is 5.81. The Morgan fingerprint density at radius 2 is 2.24 bits per heavy atom. The van der Waals surface area contributed by atoms with Gasteiger partial charge in [0.2, 0.25) is 0 Å². The van der Waals surface area contributed by atoms with Gasteiger partial charge in [0, 0.05) is 25.3 Å². The molecular weight excluding hydrogens is 334 g/mol. The molecule has 1 saturated heterocycles. The van der Waals surface area contributed by atoms with Crippen LogP contribution in [0.15, 0.2) is 34.2 Å². The molecule has 0 bridgehead atoms. The van der Waals surface area contributed by atoms with Crippen molar-refractivity contribution in [2.24, 2.45) is 5.92 Å². The first-order valence-electron chi connectivity index (χ1n) is 9.03. The Kier molecular flexibility index (Phi) is 4.65. The average molecular weight is 359 g/mol. The normalized spacial score (nSPS) is 23.1. The molecule has 2 aromatic rings. The largest absolute Gasteiger partial charge is 0.497 e. The Morgan fingerprint density at radius 3 is 3.00 bits per heavy atom. The molecule has 0 saturated carbocycles. The second kappa shape index (κ2) is 6.92. The summed E-state index contributed by atoms with van der Waals surface area (Å²) in [7, 11) is 1.73. The van der Waals surface area contributed by atoms with E-state index in [1.807, 2.05) is 0 Å². The summed E-state index contributed by atoms with van der Waals surface area (Å²) < 4.78 is 7.11. The van der Waals surface area contributed by atoms with Crippen LogP contribution < -0.4 is 10.4 Å². The van der Waals surface area contributed by atoms with Gasteiger partial charge in [-0.3, -0.25) is 9.47 Å². The van der Waals surface area contributed by atoms with E-state index in [2.05, 4.69) is 40.7 Å². The Morgan fingerprint density at radius 1 is 1.36 bits per heavy atom. The van der Waals surface area contributed by atoms with Gasteiger partial charge in [-0.25, -0.2) is 4.79 Å². The molecule has 0 amide bonds. The molecule has 4 rings (SSSR count). The molecular formula is C19H25N3O2S. The smallest absolute Gasteiger partial charge is 0.326 e. The number of benzene rings is 1. The minimum Gasteiger partial charge on any atom is -0.497 e. The molecule has 6 heteroatoms. The van der Waals surface area contributed by atoms with Crippen LogP contribution in [-0.4, -0.2) is 34.7 Å². The van der Waals surface area contributed by atoms with Crippen LogP contribution >= 0.6 is 12.6 Å². The lowest BCUT2D eigenvalue weighted by Crippen LogP contribution is -2.41. The lowest BCUT2D eigenvalue weighted by atomic mass is 9.81. The van der Waals surface area contributed by atoms with Gasteiger partial charge in [-0.05, 0) is 61.4 Å². The van der Waals surface area contributed by atoms with E-state index >= 15 is 0 Å². The van der Waals surface area contributed by atoms with Crippen molar-refractivity contribution in [2.75, 3.05) is 20.2 Å². The van der Waals surface area contributed by atoms with Crippen molar-refractivity contribution in [3.05, 3.63) is 46.0 Å². The Labute approximate surface area is 153 Å². The lowest BCUT2D eigenvalue weighted by Gasteiger charge is -2.43. The highest BCUT2D eigenvalue weighted by Crippen LogP contribution is 2.40. The highest BCUT2D eigenvalue weighted by atomic mass is 32.1. The van der Waals surface area contributed by atoms with Crippen molar-refractivity contribution in [1.82, 2.24) is 14.5 Å². The number of ether oxygens (including phenoxy) is 1. The van der Waals surface area contributed by atoms with Crippen molar-refractivity contribution in [3.63, 3.8) is 0 Å². The average Bonchev–Trinajstić information content (AvgIpc) is 2.97. The number of imidazole rings is 1. The maximum absolute atomic E-state index is 11.8. The fourth-order valence-electron chi connectivity index (χ4n) is 4.37. The standard InChI is InChI=1S/C19H25N3O2S/c1-24-15-2-3-16-14(11-15)6-8-21-7-4-13(10-17(16)21)5-9-22-18(25)12-20-19(22)23/h2-3,11-13,17,25H,4-10H2,1H3,(H,20,23). The third-order valence-corrected chi connectivity index (χ3v) is 6.18. The van der Waals surface area contributed by atoms with Gasteiger partial charge >= 0.3 is 5.69 Å². The molecule has 1 N–H and O–H groups in total. The molecule has 1 fully saturated rings. The van der Waals surface area contributed by atoms with Crippen molar-refractivity contribution in [1.29, 1.82) is 0 Å². The third kappa shape index (κ3) is 3.25. The number of nitrogens with one attached hydrogen (secondary N) is 1. The van der Waals surface area contributed by atoms with E-state index in [0.717, 1.165) is 43.3 Å². The molecule has 3 heterocycles. The van der Waals surface area contributed by atoms with Gasteiger partial charge in [0.05, 0.1) is 12.1 Å². The van der Waals surface area contributed by atoms with E-state index < -0.39 is 0 Å². The van der Waals surface area contributed by atoms with Gasteiger partial charge < -0.3 is 9.72 Å². The van der Waals surface area contributed by atoms with Gasteiger partial charge in [-0.1, -0.05) is 6.07 Å². The number of rotatable bonds is 4. The number of hydrogen-bond donors (Lipinski definition) is 2. The minimum absolute atomic E-state index is 0.0578. The fourth-order valence-corrected chi connectivity index (χ4v) is 4.62. The summed E-state index contributed by atoms with van der Waals surface area (Å²) >= 11 is 4.36. The number of piperidine rings is 1. The van der Waals surface area contributed by atoms with E-state index in [9.17, 15) is 4.79 Å². The van der Waals surface area contributed by atoms with Gasteiger partial charge in [0.25, 0.3) is 0 Å². The van der Waals surface area contributed by atoms with E-state index in [0.29, 0.717) is 12.0 Å². The van der Waals surface area contributed by atoms with Crippen molar-refractivity contribution >= 4 is 12.6 Å². The minimum atomic E-state index is -0.0578. The number of thiol groups is 1. The van der Waals surface area contributed by atoms with Crippen LogP contribution in [0.25, 0.3) is 0 Å². The van der Waals surface area contributed by atoms with Gasteiger partial charge in [-0.15, -0.1) is 12.6 Å². The molecule has 1 aromatic heterocycles. The molecule has 0 spiro atoms. The summed E-state index contributed by atoms with van der Waals surface area (Å²) in [4.78, 5) is 17.1. The second-order valence-electron chi connectivity index (χ2n) is 7.15. The van der Waals surface area contributed by atoms with Crippen LogP contribution in [0.2, 0.25) is 0 Å². The molecule has 2 aliphatic heterocycles. The maximum atomic E-state index is 11.8. The summed E-state index contributed by atoms with van der Waals surface area (Å²) in [5, 5.41) is 0.720. The molecule has 2 unspecified atom stereocenters. The summed E-state index contributed by atoms with van der Waals surface area (Å²) in [6.45, 7) is 3.03. The molecule has 5 nitrogen and oxygen atoms in total.